The Morgan fingerprint density at radius 2 is 2.25 bits per heavy atom. The molecule has 0 saturated heterocycles. The lowest BCUT2D eigenvalue weighted by Gasteiger charge is -2.05. The summed E-state index contributed by atoms with van der Waals surface area (Å²) in [7, 11) is 0. The number of rotatable bonds is 3. The zero-order valence-electron chi connectivity index (χ0n) is 8.59. The average molecular weight is 210 g/mol. The summed E-state index contributed by atoms with van der Waals surface area (Å²) in [6.45, 7) is 0.683. The van der Waals surface area contributed by atoms with Crippen LogP contribution in [-0.2, 0) is 6.54 Å². The molecule has 0 aliphatic carbocycles. The van der Waals surface area contributed by atoms with E-state index in [-0.39, 0.29) is 0 Å². The smallest absolute Gasteiger partial charge is 0.142 e. The van der Waals surface area contributed by atoms with Gasteiger partial charge in [0.2, 0.25) is 0 Å². The highest BCUT2D eigenvalue weighted by Gasteiger charge is 1.96. The molecule has 1 N–H and O–H groups in total. The Morgan fingerprint density at radius 3 is 3.00 bits per heavy atom. The van der Waals surface area contributed by atoms with Crippen LogP contribution in [0.4, 0.5) is 5.69 Å². The second kappa shape index (κ2) is 4.89. The molecule has 0 saturated carbocycles. The number of nitrogens with one attached hydrogen (secondary N) is 1. The molecule has 0 aliphatic heterocycles. The van der Waals surface area contributed by atoms with Crippen LogP contribution in [0.15, 0.2) is 42.9 Å². The van der Waals surface area contributed by atoms with Gasteiger partial charge in [-0.05, 0) is 23.8 Å². The summed E-state index contributed by atoms with van der Waals surface area (Å²) in [6.07, 6.45) is 5.16. The number of pyridine rings is 2. The number of nitriles is 1. The summed E-state index contributed by atoms with van der Waals surface area (Å²) < 4.78 is 0. The zero-order valence-corrected chi connectivity index (χ0v) is 8.59. The molecule has 4 heteroatoms. The molecule has 0 amide bonds. The number of nitrogens with zero attached hydrogens (tertiary/aromatic N) is 3. The van der Waals surface area contributed by atoms with Gasteiger partial charge in [0.15, 0.2) is 0 Å². The van der Waals surface area contributed by atoms with Gasteiger partial charge < -0.3 is 5.32 Å². The van der Waals surface area contributed by atoms with Crippen molar-refractivity contribution in [1.82, 2.24) is 9.97 Å². The number of hydrogen-bond acceptors (Lipinski definition) is 4. The van der Waals surface area contributed by atoms with Gasteiger partial charge in [-0.15, -0.1) is 0 Å². The monoisotopic (exact) mass is 210 g/mol. The van der Waals surface area contributed by atoms with E-state index in [4.69, 9.17) is 5.26 Å². The van der Waals surface area contributed by atoms with E-state index < -0.39 is 0 Å². The third-order valence-corrected chi connectivity index (χ3v) is 2.09. The average Bonchev–Trinajstić information content (AvgIpc) is 2.38. The minimum atomic E-state index is 0.413. The molecule has 0 radical (unpaired) electrons. The molecule has 0 bridgehead atoms. The minimum Gasteiger partial charge on any atom is -0.381 e. The van der Waals surface area contributed by atoms with E-state index >= 15 is 0 Å². The van der Waals surface area contributed by atoms with Crippen LogP contribution in [0, 0.1) is 11.3 Å². The normalized spacial score (nSPS) is 9.44. The van der Waals surface area contributed by atoms with Crippen molar-refractivity contribution >= 4 is 5.69 Å². The van der Waals surface area contributed by atoms with E-state index in [9.17, 15) is 0 Å². The molecule has 2 aromatic rings. The number of aromatic nitrogens is 2. The molecule has 2 heterocycles. The lowest BCUT2D eigenvalue weighted by Crippen LogP contribution is -2.00. The fraction of sp³-hybridized carbons (Fsp3) is 0.0833. The van der Waals surface area contributed by atoms with Crippen LogP contribution >= 0.6 is 0 Å². The van der Waals surface area contributed by atoms with E-state index in [0.29, 0.717) is 12.2 Å². The number of anilines is 1. The number of hydrogen-bond donors (Lipinski definition) is 1. The molecule has 78 valence electrons. The Bertz CT molecular complexity index is 502. The highest BCUT2D eigenvalue weighted by Crippen LogP contribution is 2.08. The predicted octanol–water partition coefficient (Wildman–Crippen LogP) is 1.96. The molecule has 16 heavy (non-hydrogen) atoms. The lowest BCUT2D eigenvalue weighted by atomic mass is 10.2. The minimum absolute atomic E-state index is 0.413. The molecule has 0 unspecified atom stereocenters. The van der Waals surface area contributed by atoms with Gasteiger partial charge in [-0.25, -0.2) is 4.98 Å². The molecule has 0 aliphatic rings. The van der Waals surface area contributed by atoms with Gasteiger partial charge >= 0.3 is 0 Å². The first-order chi connectivity index (χ1) is 7.88. The van der Waals surface area contributed by atoms with Gasteiger partial charge in [0.05, 0.1) is 0 Å². The maximum absolute atomic E-state index is 8.70. The Labute approximate surface area is 93.6 Å². The topological polar surface area (TPSA) is 61.6 Å². The van der Waals surface area contributed by atoms with Gasteiger partial charge in [-0.2, -0.15) is 5.26 Å². The second-order valence-electron chi connectivity index (χ2n) is 3.26. The van der Waals surface area contributed by atoms with Crippen molar-refractivity contribution in [2.45, 2.75) is 6.54 Å². The quantitative estimate of drug-likeness (QED) is 0.841. The van der Waals surface area contributed by atoms with E-state index in [0.717, 1.165) is 11.3 Å². The first kappa shape index (κ1) is 10.1. The van der Waals surface area contributed by atoms with Crippen LogP contribution in [0.3, 0.4) is 0 Å². The summed E-state index contributed by atoms with van der Waals surface area (Å²) in [5.41, 5.74) is 2.39. The van der Waals surface area contributed by atoms with Crippen LogP contribution in [0.5, 0.6) is 0 Å². The fourth-order valence-electron chi connectivity index (χ4n) is 1.31. The Hall–Kier alpha value is -2.41. The third kappa shape index (κ3) is 2.55. The summed E-state index contributed by atoms with van der Waals surface area (Å²) >= 11 is 0. The molecule has 0 atom stereocenters. The van der Waals surface area contributed by atoms with Crippen molar-refractivity contribution in [3.63, 3.8) is 0 Å². The molecular formula is C12H10N4. The van der Waals surface area contributed by atoms with Crippen molar-refractivity contribution < 1.29 is 0 Å². The van der Waals surface area contributed by atoms with Gasteiger partial charge in [-0.3, -0.25) is 4.98 Å². The Kier molecular flexibility index (Phi) is 3.10. The molecule has 2 aromatic heterocycles. The van der Waals surface area contributed by atoms with E-state index in [1.54, 1.807) is 24.7 Å². The van der Waals surface area contributed by atoms with E-state index in [1.807, 2.05) is 24.3 Å². The highest BCUT2D eigenvalue weighted by atomic mass is 14.9. The molecule has 4 nitrogen and oxygen atoms in total. The summed E-state index contributed by atoms with van der Waals surface area (Å²) in [4.78, 5) is 7.93. The maximum Gasteiger partial charge on any atom is 0.142 e. The van der Waals surface area contributed by atoms with Crippen molar-refractivity contribution in [3.05, 3.63) is 54.1 Å². The molecular weight excluding hydrogens is 200 g/mol. The van der Waals surface area contributed by atoms with Gasteiger partial charge in [0, 0.05) is 30.8 Å². The first-order valence-electron chi connectivity index (χ1n) is 4.87. The van der Waals surface area contributed by atoms with Gasteiger partial charge in [0.1, 0.15) is 11.8 Å². The molecule has 0 fully saturated rings. The van der Waals surface area contributed by atoms with Crippen molar-refractivity contribution in [3.8, 4) is 6.07 Å². The van der Waals surface area contributed by atoms with Crippen LogP contribution < -0.4 is 5.32 Å². The van der Waals surface area contributed by atoms with Crippen LogP contribution in [0.25, 0.3) is 0 Å². The lowest BCUT2D eigenvalue weighted by molar-refractivity contribution is 1.11. The third-order valence-electron chi connectivity index (χ3n) is 2.09. The van der Waals surface area contributed by atoms with Crippen molar-refractivity contribution in [2.75, 3.05) is 5.32 Å². The summed E-state index contributed by atoms with van der Waals surface area (Å²) in [5.74, 6) is 0. The van der Waals surface area contributed by atoms with Crippen molar-refractivity contribution in [1.29, 1.82) is 5.26 Å². The first-order valence-corrected chi connectivity index (χ1v) is 4.87. The van der Waals surface area contributed by atoms with Crippen molar-refractivity contribution in [2.24, 2.45) is 0 Å². The Balaban J connectivity index is 2.03. The van der Waals surface area contributed by atoms with E-state index in [2.05, 4.69) is 15.3 Å². The predicted molar refractivity (Wildman–Crippen MR) is 60.5 cm³/mol. The van der Waals surface area contributed by atoms with Gasteiger partial charge in [0.25, 0.3) is 0 Å². The second-order valence-corrected chi connectivity index (χ2v) is 3.26. The molecule has 0 spiro atoms. The van der Waals surface area contributed by atoms with E-state index in [1.165, 1.54) is 0 Å². The molecule has 2 rings (SSSR count). The summed E-state index contributed by atoms with van der Waals surface area (Å²) in [5, 5.41) is 11.9. The highest BCUT2D eigenvalue weighted by molar-refractivity contribution is 5.46. The molecule has 0 aromatic carbocycles. The van der Waals surface area contributed by atoms with Crippen LogP contribution in [0.2, 0.25) is 0 Å². The Morgan fingerprint density at radius 1 is 1.31 bits per heavy atom. The fourth-order valence-corrected chi connectivity index (χ4v) is 1.31. The SMILES string of the molecule is N#Cc1cc(NCc2cccnc2)ccn1. The zero-order chi connectivity index (χ0) is 11.2. The largest absolute Gasteiger partial charge is 0.381 e. The van der Waals surface area contributed by atoms with Crippen LogP contribution in [0.1, 0.15) is 11.3 Å². The van der Waals surface area contributed by atoms with Crippen LogP contribution in [-0.4, -0.2) is 9.97 Å². The summed E-state index contributed by atoms with van der Waals surface area (Å²) in [6, 6.07) is 9.44. The van der Waals surface area contributed by atoms with Gasteiger partial charge in [-0.1, -0.05) is 6.07 Å². The maximum atomic E-state index is 8.70. The standard InChI is InChI=1S/C12H10N4/c13-7-12-6-11(3-5-15-12)16-9-10-2-1-4-14-8-10/h1-6,8H,9H2,(H,15,16).